The Morgan fingerprint density at radius 3 is 2.65 bits per heavy atom. The third kappa shape index (κ3) is 5.97. The number of hydrogen-bond donors (Lipinski definition) is 1. The summed E-state index contributed by atoms with van der Waals surface area (Å²) in [5, 5.41) is 2.51. The van der Waals surface area contributed by atoms with Crippen molar-refractivity contribution >= 4 is 17.5 Å². The first-order valence-electron chi connectivity index (χ1n) is 9.79. The zero-order chi connectivity index (χ0) is 22.4. The van der Waals surface area contributed by atoms with Gasteiger partial charge >= 0.3 is 6.18 Å². The number of ether oxygens (including phenoxy) is 2. The Morgan fingerprint density at radius 1 is 1.16 bits per heavy atom. The van der Waals surface area contributed by atoms with E-state index in [4.69, 9.17) is 9.47 Å². The second kappa shape index (κ2) is 9.82. The van der Waals surface area contributed by atoms with Crippen LogP contribution in [-0.2, 0) is 22.3 Å². The number of likely N-dealkylation sites (tertiary alicyclic amines) is 1. The molecule has 0 radical (unpaired) electrons. The van der Waals surface area contributed by atoms with Crippen molar-refractivity contribution < 1.29 is 32.2 Å². The lowest BCUT2D eigenvalue weighted by molar-refractivity contribution is -0.137. The summed E-state index contributed by atoms with van der Waals surface area (Å²) < 4.78 is 49.8. The summed E-state index contributed by atoms with van der Waals surface area (Å²) >= 11 is 0. The summed E-state index contributed by atoms with van der Waals surface area (Å²) in [6.07, 6.45) is -3.24. The molecule has 0 saturated carbocycles. The standard InChI is InChI=1S/C22H23F3N2O4/c1-30-10-11-31-19-8-7-17(22(23,24)25)13-18(19)26-21(29)16-5-2-4-15(12-16)14-27-9-3-6-20(27)28/h2,4-5,7-8,12-13H,3,6,9-11,14H2,1H3,(H,26,29). The van der Waals surface area contributed by atoms with Gasteiger partial charge < -0.3 is 19.7 Å². The van der Waals surface area contributed by atoms with E-state index in [1.807, 2.05) is 0 Å². The van der Waals surface area contributed by atoms with Gasteiger partial charge in [0.15, 0.2) is 0 Å². The monoisotopic (exact) mass is 436 g/mol. The van der Waals surface area contributed by atoms with E-state index in [9.17, 15) is 22.8 Å². The zero-order valence-electron chi connectivity index (χ0n) is 17.0. The first kappa shape index (κ1) is 22.6. The molecule has 0 bridgehead atoms. The van der Waals surface area contributed by atoms with Gasteiger partial charge in [-0.15, -0.1) is 0 Å². The molecule has 1 aliphatic rings. The van der Waals surface area contributed by atoms with Crippen LogP contribution in [-0.4, -0.2) is 43.6 Å². The number of carbonyl (C=O) groups excluding carboxylic acids is 2. The maximum atomic E-state index is 13.1. The first-order chi connectivity index (χ1) is 14.8. The van der Waals surface area contributed by atoms with Crippen molar-refractivity contribution in [2.24, 2.45) is 0 Å². The van der Waals surface area contributed by atoms with Gasteiger partial charge in [0, 0.05) is 32.2 Å². The molecule has 0 spiro atoms. The van der Waals surface area contributed by atoms with Gasteiger partial charge in [-0.05, 0) is 42.3 Å². The van der Waals surface area contributed by atoms with Crippen LogP contribution in [0.3, 0.4) is 0 Å². The molecular formula is C22H23F3N2O4. The topological polar surface area (TPSA) is 67.9 Å². The third-order valence-electron chi connectivity index (χ3n) is 4.83. The van der Waals surface area contributed by atoms with Crippen molar-refractivity contribution in [3.05, 3.63) is 59.2 Å². The summed E-state index contributed by atoms with van der Waals surface area (Å²) in [5.74, 6) is -0.403. The molecule has 0 unspecified atom stereocenters. The summed E-state index contributed by atoms with van der Waals surface area (Å²) in [6.45, 7) is 1.41. The maximum Gasteiger partial charge on any atom is 0.416 e. The molecule has 0 aromatic heterocycles. The summed E-state index contributed by atoms with van der Waals surface area (Å²) in [4.78, 5) is 26.3. The lowest BCUT2D eigenvalue weighted by Crippen LogP contribution is -2.24. The Bertz CT molecular complexity index is 947. The highest BCUT2D eigenvalue weighted by Crippen LogP contribution is 2.35. The quantitative estimate of drug-likeness (QED) is 0.633. The predicted octanol–water partition coefficient (Wildman–Crippen LogP) is 4.11. The molecule has 2 aromatic rings. The number of alkyl halides is 3. The van der Waals surface area contributed by atoms with Gasteiger partial charge in [0.25, 0.3) is 5.91 Å². The molecule has 31 heavy (non-hydrogen) atoms. The Morgan fingerprint density at radius 2 is 1.97 bits per heavy atom. The van der Waals surface area contributed by atoms with Gasteiger partial charge in [0.05, 0.1) is 17.9 Å². The number of carbonyl (C=O) groups is 2. The molecule has 1 fully saturated rings. The normalized spacial score (nSPS) is 14.1. The van der Waals surface area contributed by atoms with E-state index in [-0.39, 0.29) is 36.1 Å². The van der Waals surface area contributed by atoms with E-state index in [0.717, 1.165) is 24.1 Å². The van der Waals surface area contributed by atoms with Crippen molar-refractivity contribution in [1.29, 1.82) is 0 Å². The highest BCUT2D eigenvalue weighted by molar-refractivity contribution is 6.05. The fourth-order valence-corrected chi connectivity index (χ4v) is 3.26. The molecular weight excluding hydrogens is 413 g/mol. The average molecular weight is 436 g/mol. The Balaban J connectivity index is 1.79. The highest BCUT2D eigenvalue weighted by Gasteiger charge is 2.31. The van der Waals surface area contributed by atoms with Crippen molar-refractivity contribution in [1.82, 2.24) is 4.90 Å². The molecule has 166 valence electrons. The predicted molar refractivity (Wildman–Crippen MR) is 108 cm³/mol. The SMILES string of the molecule is COCCOc1ccc(C(F)(F)F)cc1NC(=O)c1cccc(CN2CCCC2=O)c1. The number of hydrogen-bond acceptors (Lipinski definition) is 4. The minimum atomic E-state index is -4.56. The first-order valence-corrected chi connectivity index (χ1v) is 9.79. The number of nitrogens with zero attached hydrogens (tertiary/aromatic N) is 1. The number of benzene rings is 2. The number of methoxy groups -OCH3 is 1. The van der Waals surface area contributed by atoms with Crippen molar-refractivity contribution in [2.75, 3.05) is 32.2 Å². The molecule has 2 amide bonds. The molecule has 1 aliphatic heterocycles. The average Bonchev–Trinajstić information content (AvgIpc) is 3.13. The van der Waals surface area contributed by atoms with E-state index < -0.39 is 17.6 Å². The number of rotatable bonds is 8. The van der Waals surface area contributed by atoms with Gasteiger partial charge in [-0.3, -0.25) is 9.59 Å². The minimum Gasteiger partial charge on any atom is -0.489 e. The van der Waals surface area contributed by atoms with Crippen LogP contribution < -0.4 is 10.1 Å². The number of amides is 2. The summed E-state index contributed by atoms with van der Waals surface area (Å²) in [6, 6.07) is 9.56. The van der Waals surface area contributed by atoms with E-state index in [2.05, 4.69) is 5.32 Å². The summed E-state index contributed by atoms with van der Waals surface area (Å²) in [5.41, 5.74) is 0.0483. The Hall–Kier alpha value is -3.07. The summed E-state index contributed by atoms with van der Waals surface area (Å²) in [7, 11) is 1.47. The fourth-order valence-electron chi connectivity index (χ4n) is 3.26. The molecule has 0 atom stereocenters. The van der Waals surface area contributed by atoms with Gasteiger partial charge in [0.1, 0.15) is 12.4 Å². The minimum absolute atomic E-state index is 0.0664. The lowest BCUT2D eigenvalue weighted by Gasteiger charge is -2.17. The largest absolute Gasteiger partial charge is 0.489 e. The molecule has 9 heteroatoms. The fraction of sp³-hybridized carbons (Fsp3) is 0.364. The number of anilines is 1. The van der Waals surface area contributed by atoms with Crippen LogP contribution in [0.25, 0.3) is 0 Å². The van der Waals surface area contributed by atoms with Crippen LogP contribution >= 0.6 is 0 Å². The van der Waals surface area contributed by atoms with Crippen LogP contribution in [0.15, 0.2) is 42.5 Å². The van der Waals surface area contributed by atoms with E-state index in [1.165, 1.54) is 13.2 Å². The smallest absolute Gasteiger partial charge is 0.416 e. The highest BCUT2D eigenvalue weighted by atomic mass is 19.4. The van der Waals surface area contributed by atoms with E-state index in [0.29, 0.717) is 19.5 Å². The second-order valence-corrected chi connectivity index (χ2v) is 7.12. The van der Waals surface area contributed by atoms with E-state index >= 15 is 0 Å². The van der Waals surface area contributed by atoms with Crippen molar-refractivity contribution in [3.8, 4) is 5.75 Å². The lowest BCUT2D eigenvalue weighted by atomic mass is 10.1. The number of nitrogens with one attached hydrogen (secondary N) is 1. The van der Waals surface area contributed by atoms with Crippen LogP contribution in [0.2, 0.25) is 0 Å². The Kier molecular flexibility index (Phi) is 7.17. The number of halogens is 3. The van der Waals surface area contributed by atoms with Crippen LogP contribution in [0.5, 0.6) is 5.75 Å². The molecule has 3 rings (SSSR count). The zero-order valence-corrected chi connectivity index (χ0v) is 17.0. The van der Waals surface area contributed by atoms with Gasteiger partial charge in [-0.25, -0.2) is 0 Å². The van der Waals surface area contributed by atoms with E-state index in [1.54, 1.807) is 29.2 Å². The van der Waals surface area contributed by atoms with Gasteiger partial charge in [0.2, 0.25) is 5.91 Å². The molecule has 1 saturated heterocycles. The second-order valence-electron chi connectivity index (χ2n) is 7.12. The van der Waals surface area contributed by atoms with Crippen molar-refractivity contribution in [3.63, 3.8) is 0 Å². The molecule has 1 N–H and O–H groups in total. The molecule has 6 nitrogen and oxygen atoms in total. The Labute approximate surface area is 177 Å². The van der Waals surface area contributed by atoms with Crippen LogP contribution in [0, 0.1) is 0 Å². The molecule has 0 aliphatic carbocycles. The van der Waals surface area contributed by atoms with Crippen LogP contribution in [0.1, 0.15) is 34.3 Å². The van der Waals surface area contributed by atoms with Gasteiger partial charge in [-0.1, -0.05) is 12.1 Å². The van der Waals surface area contributed by atoms with Crippen LogP contribution in [0.4, 0.5) is 18.9 Å². The molecule has 1 heterocycles. The van der Waals surface area contributed by atoms with Gasteiger partial charge in [-0.2, -0.15) is 13.2 Å². The third-order valence-corrected chi connectivity index (χ3v) is 4.83. The molecule has 2 aromatic carbocycles. The van der Waals surface area contributed by atoms with Crippen molar-refractivity contribution in [2.45, 2.75) is 25.6 Å². The maximum absolute atomic E-state index is 13.1.